The van der Waals surface area contributed by atoms with Crippen molar-refractivity contribution in [2.24, 2.45) is 11.8 Å². The molecule has 0 aromatic heterocycles. The lowest BCUT2D eigenvalue weighted by molar-refractivity contribution is -0.146. The van der Waals surface area contributed by atoms with E-state index in [0.717, 1.165) is 5.57 Å². The van der Waals surface area contributed by atoms with E-state index in [0.29, 0.717) is 32.4 Å². The van der Waals surface area contributed by atoms with E-state index in [1.54, 1.807) is 4.90 Å². The van der Waals surface area contributed by atoms with Crippen molar-refractivity contribution in [3.63, 3.8) is 0 Å². The number of hydrogen-bond donors (Lipinski definition) is 1. The van der Waals surface area contributed by atoms with Crippen molar-refractivity contribution in [3.05, 3.63) is 12.2 Å². The first kappa shape index (κ1) is 13.7. The molecule has 0 aromatic rings. The van der Waals surface area contributed by atoms with E-state index >= 15 is 0 Å². The predicted octanol–water partition coefficient (Wildman–Crippen LogP) is 1.91. The molecule has 1 aliphatic rings. The normalized spacial score (nSPS) is 18.8. The number of rotatable bonds is 4. The number of carbonyl (C=O) groups excluding carboxylic acids is 1. The number of likely N-dealkylation sites (tertiary alicyclic amines) is 1. The maximum absolute atomic E-state index is 12.0. The smallest absolute Gasteiger partial charge is 0.306 e. The van der Waals surface area contributed by atoms with Crippen LogP contribution in [0.5, 0.6) is 0 Å². The van der Waals surface area contributed by atoms with Crippen LogP contribution in [0.25, 0.3) is 0 Å². The van der Waals surface area contributed by atoms with Gasteiger partial charge in [0.25, 0.3) is 0 Å². The van der Waals surface area contributed by atoms with Crippen LogP contribution in [0.3, 0.4) is 0 Å². The van der Waals surface area contributed by atoms with Crippen LogP contribution in [-0.2, 0) is 9.59 Å². The summed E-state index contributed by atoms with van der Waals surface area (Å²) in [5.74, 6) is -0.951. The molecule has 1 atom stereocenters. The van der Waals surface area contributed by atoms with E-state index in [9.17, 15) is 9.59 Å². The third-order valence-corrected chi connectivity index (χ3v) is 3.23. The number of carboxylic acids is 1. The van der Waals surface area contributed by atoms with Crippen LogP contribution in [-0.4, -0.2) is 35.0 Å². The molecule has 1 amide bonds. The van der Waals surface area contributed by atoms with Crippen LogP contribution in [0.15, 0.2) is 12.2 Å². The average Bonchev–Trinajstić information content (AvgIpc) is 2.27. The monoisotopic (exact) mass is 239 g/mol. The molecule has 1 N–H and O–H groups in total. The van der Waals surface area contributed by atoms with Gasteiger partial charge < -0.3 is 10.0 Å². The Balaban J connectivity index is 2.45. The van der Waals surface area contributed by atoms with E-state index in [-0.39, 0.29) is 17.7 Å². The van der Waals surface area contributed by atoms with Crippen LogP contribution in [0.4, 0.5) is 0 Å². The lowest BCUT2D eigenvalue weighted by atomic mass is 9.95. The average molecular weight is 239 g/mol. The summed E-state index contributed by atoms with van der Waals surface area (Å²) in [5, 5.41) is 8.88. The molecule has 4 nitrogen and oxygen atoms in total. The molecule has 0 spiro atoms. The summed E-state index contributed by atoms with van der Waals surface area (Å²) in [6.45, 7) is 8.76. The number of carboxylic acid groups (broad SMARTS) is 1. The Morgan fingerprint density at radius 3 is 2.35 bits per heavy atom. The number of aliphatic carboxylic acids is 1. The molecule has 0 bridgehead atoms. The maximum Gasteiger partial charge on any atom is 0.306 e. The van der Waals surface area contributed by atoms with Crippen LogP contribution < -0.4 is 0 Å². The maximum atomic E-state index is 12.0. The largest absolute Gasteiger partial charge is 0.481 e. The number of hydrogen-bond acceptors (Lipinski definition) is 2. The van der Waals surface area contributed by atoms with E-state index in [4.69, 9.17) is 5.11 Å². The Morgan fingerprint density at radius 1 is 1.41 bits per heavy atom. The number of piperidine rings is 1. The zero-order valence-corrected chi connectivity index (χ0v) is 10.6. The molecule has 0 radical (unpaired) electrons. The first-order valence-electron chi connectivity index (χ1n) is 6.07. The lowest BCUT2D eigenvalue weighted by Gasteiger charge is -2.32. The van der Waals surface area contributed by atoms with E-state index in [2.05, 4.69) is 6.58 Å². The van der Waals surface area contributed by atoms with Crippen LogP contribution in [0, 0.1) is 11.8 Å². The highest BCUT2D eigenvalue weighted by molar-refractivity contribution is 5.79. The molecule has 17 heavy (non-hydrogen) atoms. The topological polar surface area (TPSA) is 57.6 Å². The van der Waals surface area contributed by atoms with Gasteiger partial charge in [0.15, 0.2) is 0 Å². The van der Waals surface area contributed by atoms with Gasteiger partial charge in [-0.25, -0.2) is 0 Å². The Morgan fingerprint density at radius 2 is 1.94 bits per heavy atom. The Labute approximate surface area is 102 Å². The summed E-state index contributed by atoms with van der Waals surface area (Å²) in [5.41, 5.74) is 1.01. The Hall–Kier alpha value is -1.32. The highest BCUT2D eigenvalue weighted by Crippen LogP contribution is 2.20. The molecule has 0 aromatic carbocycles. The quantitative estimate of drug-likeness (QED) is 0.762. The highest BCUT2D eigenvalue weighted by Gasteiger charge is 2.28. The Kier molecular flexibility index (Phi) is 4.73. The molecular formula is C13H21NO3. The van der Waals surface area contributed by atoms with Crippen molar-refractivity contribution in [1.29, 1.82) is 0 Å². The second-order valence-electron chi connectivity index (χ2n) is 5.00. The number of nitrogens with zero attached hydrogens (tertiary/aromatic N) is 1. The fraction of sp³-hybridized carbons (Fsp3) is 0.692. The van der Waals surface area contributed by atoms with Crippen LogP contribution >= 0.6 is 0 Å². The van der Waals surface area contributed by atoms with Crippen molar-refractivity contribution in [3.8, 4) is 0 Å². The molecule has 1 rings (SSSR count). The molecule has 1 saturated heterocycles. The van der Waals surface area contributed by atoms with Crippen molar-refractivity contribution in [1.82, 2.24) is 4.90 Å². The van der Waals surface area contributed by atoms with Crippen LogP contribution in [0.1, 0.15) is 33.1 Å². The first-order chi connectivity index (χ1) is 7.91. The molecule has 1 fully saturated rings. The molecule has 0 saturated carbocycles. The third kappa shape index (κ3) is 3.88. The zero-order valence-electron chi connectivity index (χ0n) is 10.6. The number of carbonyl (C=O) groups is 2. The summed E-state index contributed by atoms with van der Waals surface area (Å²) in [7, 11) is 0. The van der Waals surface area contributed by atoms with Gasteiger partial charge in [0, 0.05) is 19.0 Å². The van der Waals surface area contributed by atoms with Gasteiger partial charge in [0.2, 0.25) is 5.91 Å². The third-order valence-electron chi connectivity index (χ3n) is 3.23. The molecule has 96 valence electrons. The van der Waals surface area contributed by atoms with Crippen LogP contribution in [0.2, 0.25) is 0 Å². The standard InChI is InChI=1S/C13H21NO3/c1-9(2)8-10(3)12(15)14-6-4-11(5-7-14)13(16)17/h10-11H,1,4-8H2,2-3H3,(H,16,17). The van der Waals surface area contributed by atoms with Gasteiger partial charge in [-0.15, -0.1) is 6.58 Å². The van der Waals surface area contributed by atoms with Crippen molar-refractivity contribution < 1.29 is 14.7 Å². The number of allylic oxidation sites excluding steroid dienone is 1. The summed E-state index contributed by atoms with van der Waals surface area (Å²) < 4.78 is 0. The van der Waals surface area contributed by atoms with Gasteiger partial charge in [-0.3, -0.25) is 9.59 Å². The van der Waals surface area contributed by atoms with E-state index in [1.165, 1.54) is 0 Å². The van der Waals surface area contributed by atoms with E-state index in [1.807, 2.05) is 13.8 Å². The minimum atomic E-state index is -0.743. The van der Waals surface area contributed by atoms with Gasteiger partial charge >= 0.3 is 5.97 Å². The molecule has 4 heteroatoms. The summed E-state index contributed by atoms with van der Waals surface area (Å²) in [6, 6.07) is 0. The van der Waals surface area contributed by atoms with Gasteiger partial charge in [-0.2, -0.15) is 0 Å². The fourth-order valence-corrected chi connectivity index (χ4v) is 2.27. The second-order valence-corrected chi connectivity index (χ2v) is 5.00. The van der Waals surface area contributed by atoms with Gasteiger partial charge in [-0.1, -0.05) is 12.5 Å². The van der Waals surface area contributed by atoms with E-state index < -0.39 is 5.97 Å². The number of amides is 1. The summed E-state index contributed by atoms with van der Waals surface area (Å²) in [6.07, 6.45) is 1.85. The summed E-state index contributed by atoms with van der Waals surface area (Å²) in [4.78, 5) is 24.6. The zero-order chi connectivity index (χ0) is 13.0. The molecule has 1 aliphatic heterocycles. The first-order valence-corrected chi connectivity index (χ1v) is 6.07. The van der Waals surface area contributed by atoms with Crippen molar-refractivity contribution in [2.45, 2.75) is 33.1 Å². The predicted molar refractivity (Wildman–Crippen MR) is 65.5 cm³/mol. The lowest BCUT2D eigenvalue weighted by Crippen LogP contribution is -2.42. The SMILES string of the molecule is C=C(C)CC(C)C(=O)N1CCC(C(=O)O)CC1. The second kappa shape index (κ2) is 5.84. The molecular weight excluding hydrogens is 218 g/mol. The van der Waals surface area contributed by atoms with Crippen molar-refractivity contribution >= 4 is 11.9 Å². The highest BCUT2D eigenvalue weighted by atomic mass is 16.4. The molecule has 1 unspecified atom stereocenters. The minimum absolute atomic E-state index is 0.0473. The molecule has 0 aliphatic carbocycles. The Bertz CT molecular complexity index is 317. The summed E-state index contributed by atoms with van der Waals surface area (Å²) >= 11 is 0. The van der Waals surface area contributed by atoms with Gasteiger partial charge in [0.05, 0.1) is 5.92 Å². The minimum Gasteiger partial charge on any atom is -0.481 e. The van der Waals surface area contributed by atoms with Crippen molar-refractivity contribution in [2.75, 3.05) is 13.1 Å². The fourth-order valence-electron chi connectivity index (χ4n) is 2.27. The molecule has 1 heterocycles. The van der Waals surface area contributed by atoms with Gasteiger partial charge in [0.1, 0.15) is 0 Å². The van der Waals surface area contributed by atoms with Gasteiger partial charge in [-0.05, 0) is 26.2 Å².